The van der Waals surface area contributed by atoms with E-state index in [-0.39, 0.29) is 11.8 Å². The van der Waals surface area contributed by atoms with Gasteiger partial charge in [0, 0.05) is 25.4 Å². The maximum absolute atomic E-state index is 11.5. The average molecular weight is 558 g/mol. The van der Waals surface area contributed by atoms with Crippen molar-refractivity contribution in [2.45, 2.75) is 58.3 Å². The van der Waals surface area contributed by atoms with Crippen molar-refractivity contribution in [3.8, 4) is 5.88 Å². The van der Waals surface area contributed by atoms with Crippen molar-refractivity contribution in [1.29, 1.82) is 0 Å². The zero-order valence-electron chi connectivity index (χ0n) is 22.4. The number of hydrogen-bond acceptors (Lipinski definition) is 7. The predicted octanol–water partition coefficient (Wildman–Crippen LogP) is 4.52. The Labute approximate surface area is 234 Å². The Morgan fingerprint density at radius 1 is 1.18 bits per heavy atom. The van der Waals surface area contributed by atoms with Gasteiger partial charge in [0.15, 0.2) is 11.3 Å². The van der Waals surface area contributed by atoms with Gasteiger partial charge in [-0.15, -0.1) is 9.24 Å². The summed E-state index contributed by atoms with van der Waals surface area (Å²) in [4.78, 5) is 29.9. The normalized spacial score (nSPS) is 18.8. The van der Waals surface area contributed by atoms with Gasteiger partial charge in [-0.25, -0.2) is 24.7 Å². The van der Waals surface area contributed by atoms with Crippen LogP contribution in [0.5, 0.6) is 5.88 Å². The number of carbonyl (C=O) groups is 1. The SMILES string of the molecule is Cc1ccc(COc2nccnc2C2=CCC(Cc3nc4ccc(C(=O)O)nc4n3CC3CCO3)CC2)c(P)c1. The molecule has 1 aliphatic carbocycles. The minimum atomic E-state index is -1.04. The van der Waals surface area contributed by atoms with E-state index in [0.717, 1.165) is 72.2 Å². The van der Waals surface area contributed by atoms with Crippen LogP contribution in [-0.4, -0.2) is 48.3 Å². The number of imidazole rings is 1. The van der Waals surface area contributed by atoms with Crippen molar-refractivity contribution in [3.05, 3.63) is 77.1 Å². The fraction of sp³-hybridized carbons (Fsp3) is 0.367. The number of hydrogen-bond donors (Lipinski definition) is 1. The third-order valence-electron chi connectivity index (χ3n) is 7.70. The largest absolute Gasteiger partial charge is 0.477 e. The van der Waals surface area contributed by atoms with Crippen LogP contribution in [0.2, 0.25) is 0 Å². The molecule has 0 bridgehead atoms. The molecule has 1 saturated heterocycles. The number of pyridine rings is 1. The molecule has 3 aromatic heterocycles. The fourth-order valence-corrected chi connectivity index (χ4v) is 5.78. The molecule has 1 fully saturated rings. The second-order valence-corrected chi connectivity index (χ2v) is 11.2. The minimum absolute atomic E-state index is 0.0262. The topological polar surface area (TPSA) is 112 Å². The molecule has 1 N–H and O–H groups in total. The van der Waals surface area contributed by atoms with Crippen LogP contribution in [0.25, 0.3) is 16.7 Å². The highest BCUT2D eigenvalue weighted by atomic mass is 31.0. The van der Waals surface area contributed by atoms with Gasteiger partial charge >= 0.3 is 5.97 Å². The number of benzene rings is 1. The van der Waals surface area contributed by atoms with Crippen LogP contribution >= 0.6 is 9.24 Å². The lowest BCUT2D eigenvalue weighted by Crippen LogP contribution is -2.32. The van der Waals surface area contributed by atoms with E-state index in [4.69, 9.17) is 14.5 Å². The Hall–Kier alpha value is -3.68. The van der Waals surface area contributed by atoms with Gasteiger partial charge in [0.2, 0.25) is 5.88 Å². The summed E-state index contributed by atoms with van der Waals surface area (Å²) in [5.41, 5.74) is 5.62. The maximum atomic E-state index is 11.5. The molecule has 1 aromatic carbocycles. The first kappa shape index (κ1) is 26.5. The first-order chi connectivity index (χ1) is 19.4. The van der Waals surface area contributed by atoms with Gasteiger partial charge < -0.3 is 19.1 Å². The zero-order valence-corrected chi connectivity index (χ0v) is 23.6. The van der Waals surface area contributed by atoms with E-state index in [1.807, 2.05) is 0 Å². The summed E-state index contributed by atoms with van der Waals surface area (Å²) >= 11 is 0. The van der Waals surface area contributed by atoms with Crippen LogP contribution in [0.4, 0.5) is 0 Å². The Bertz CT molecular complexity index is 1600. The lowest BCUT2D eigenvalue weighted by molar-refractivity contribution is -0.0591. The van der Waals surface area contributed by atoms with E-state index in [2.05, 4.69) is 60.0 Å². The maximum Gasteiger partial charge on any atom is 0.354 e. The van der Waals surface area contributed by atoms with Crippen LogP contribution < -0.4 is 10.0 Å². The molecule has 206 valence electrons. The monoisotopic (exact) mass is 557 g/mol. The lowest BCUT2D eigenvalue weighted by atomic mass is 9.86. The van der Waals surface area contributed by atoms with Gasteiger partial charge in [0.25, 0.3) is 0 Å². The highest BCUT2D eigenvalue weighted by molar-refractivity contribution is 7.27. The molecule has 10 heteroatoms. The van der Waals surface area contributed by atoms with Gasteiger partial charge in [0.05, 0.1) is 12.6 Å². The van der Waals surface area contributed by atoms with Crippen LogP contribution in [0.3, 0.4) is 0 Å². The third-order valence-corrected chi connectivity index (χ3v) is 8.23. The summed E-state index contributed by atoms with van der Waals surface area (Å²) in [6.45, 7) is 3.90. The summed E-state index contributed by atoms with van der Waals surface area (Å²) in [7, 11) is 2.78. The molecule has 4 aromatic rings. The summed E-state index contributed by atoms with van der Waals surface area (Å²) < 4.78 is 13.9. The van der Waals surface area contributed by atoms with Gasteiger partial charge in [-0.05, 0) is 67.1 Å². The molecule has 4 heterocycles. The summed E-state index contributed by atoms with van der Waals surface area (Å²) in [6.07, 6.45) is 10.2. The fourth-order valence-electron chi connectivity index (χ4n) is 5.34. The van der Waals surface area contributed by atoms with E-state index in [9.17, 15) is 9.90 Å². The Balaban J connectivity index is 1.18. The zero-order chi connectivity index (χ0) is 27.6. The lowest BCUT2D eigenvalue weighted by Gasteiger charge is -2.28. The second-order valence-electron chi connectivity index (χ2n) is 10.5. The molecule has 6 rings (SSSR count). The number of carboxylic acid groups (broad SMARTS) is 1. The van der Waals surface area contributed by atoms with Crippen molar-refractivity contribution in [1.82, 2.24) is 24.5 Å². The van der Waals surface area contributed by atoms with E-state index in [1.165, 1.54) is 11.6 Å². The number of aromatic carboxylic acids is 1. The molecule has 0 amide bonds. The standard InChI is InChI=1S/C30H32N5O4P/c1-18-2-5-21(25(40)14-18)17-39-29-27(31-11-12-32-29)20-6-3-19(4-7-20)15-26-33-23-8-9-24(30(36)37)34-28(23)35(26)16-22-10-13-38-22/h2,5-6,8-9,11-12,14,19,22H,3-4,7,10,13,15-17,40H2,1H3,(H,36,37). The number of carboxylic acids is 1. The molecule has 3 unspecified atom stereocenters. The average Bonchev–Trinajstić information content (AvgIpc) is 3.26. The van der Waals surface area contributed by atoms with Gasteiger partial charge in [-0.2, -0.15) is 0 Å². The number of nitrogens with zero attached hydrogens (tertiary/aromatic N) is 5. The van der Waals surface area contributed by atoms with Crippen molar-refractivity contribution < 1.29 is 19.4 Å². The number of aryl methyl sites for hydroxylation is 1. The predicted molar refractivity (Wildman–Crippen MR) is 155 cm³/mol. The van der Waals surface area contributed by atoms with Gasteiger partial charge in [-0.1, -0.05) is 29.8 Å². The molecule has 0 saturated carbocycles. The summed E-state index contributed by atoms with van der Waals surface area (Å²) in [6, 6.07) is 9.56. The molecular formula is C30H32N5O4P. The van der Waals surface area contributed by atoms with E-state index in [1.54, 1.807) is 18.5 Å². The quantitative estimate of drug-likeness (QED) is 0.299. The molecule has 40 heavy (non-hydrogen) atoms. The van der Waals surface area contributed by atoms with Crippen LogP contribution in [0.1, 0.15) is 58.8 Å². The minimum Gasteiger partial charge on any atom is -0.477 e. The van der Waals surface area contributed by atoms with Crippen LogP contribution in [-0.2, 0) is 24.3 Å². The molecular weight excluding hydrogens is 525 g/mol. The Morgan fingerprint density at radius 2 is 2.02 bits per heavy atom. The number of allylic oxidation sites excluding steroid dienone is 2. The summed E-state index contributed by atoms with van der Waals surface area (Å²) in [5, 5.41) is 10.6. The van der Waals surface area contributed by atoms with Gasteiger partial charge in [0.1, 0.15) is 23.6 Å². The molecule has 3 atom stereocenters. The van der Waals surface area contributed by atoms with Crippen molar-refractivity contribution in [2.75, 3.05) is 6.61 Å². The molecule has 9 nitrogen and oxygen atoms in total. The third kappa shape index (κ3) is 5.62. The molecule has 0 radical (unpaired) electrons. The van der Waals surface area contributed by atoms with Crippen molar-refractivity contribution >= 4 is 37.3 Å². The smallest absolute Gasteiger partial charge is 0.354 e. The first-order valence-corrected chi connectivity index (χ1v) is 14.2. The number of fused-ring (bicyclic) bond motifs is 1. The number of aromatic nitrogens is 5. The van der Waals surface area contributed by atoms with Crippen LogP contribution in [0.15, 0.2) is 48.8 Å². The van der Waals surface area contributed by atoms with E-state index >= 15 is 0 Å². The highest BCUT2D eigenvalue weighted by Crippen LogP contribution is 2.35. The van der Waals surface area contributed by atoms with E-state index in [0.29, 0.717) is 30.6 Å². The van der Waals surface area contributed by atoms with Crippen molar-refractivity contribution in [2.24, 2.45) is 5.92 Å². The van der Waals surface area contributed by atoms with Gasteiger partial charge in [-0.3, -0.25) is 0 Å². The molecule has 1 aliphatic heterocycles. The Morgan fingerprint density at radius 3 is 2.75 bits per heavy atom. The molecule has 0 spiro atoms. The second kappa shape index (κ2) is 11.4. The van der Waals surface area contributed by atoms with Crippen molar-refractivity contribution in [3.63, 3.8) is 0 Å². The number of rotatable bonds is 9. The van der Waals surface area contributed by atoms with E-state index < -0.39 is 5.97 Å². The summed E-state index contributed by atoms with van der Waals surface area (Å²) in [5.74, 6) is 0.840. The molecule has 2 aliphatic rings. The van der Waals surface area contributed by atoms with Crippen LogP contribution in [0, 0.1) is 12.8 Å². The Kier molecular flexibility index (Phi) is 7.59. The first-order valence-electron chi connectivity index (χ1n) is 13.6. The number of ether oxygens (including phenoxy) is 2. The highest BCUT2D eigenvalue weighted by Gasteiger charge is 2.26.